The van der Waals surface area contributed by atoms with Gasteiger partial charge in [0.25, 0.3) is 0 Å². The van der Waals surface area contributed by atoms with E-state index in [0.29, 0.717) is 30.6 Å². The minimum atomic E-state index is -0.817. The highest BCUT2D eigenvalue weighted by molar-refractivity contribution is 6.04. The Labute approximate surface area is 168 Å². The Morgan fingerprint density at radius 1 is 1.07 bits per heavy atom. The molecule has 5 heteroatoms. The van der Waals surface area contributed by atoms with Crippen LogP contribution in [0.2, 0.25) is 0 Å². The Morgan fingerprint density at radius 2 is 1.68 bits per heavy atom. The first kappa shape index (κ1) is 21.9. The first-order chi connectivity index (χ1) is 13.5. The third kappa shape index (κ3) is 4.54. The van der Waals surface area contributed by atoms with E-state index < -0.39 is 11.0 Å². The summed E-state index contributed by atoms with van der Waals surface area (Å²) >= 11 is 0. The predicted molar refractivity (Wildman–Crippen MR) is 109 cm³/mol. The van der Waals surface area contributed by atoms with Crippen LogP contribution in [0, 0.1) is 28.1 Å². The Bertz CT molecular complexity index is 717. The molecule has 3 rings (SSSR count). The molecule has 0 bridgehead atoms. The molecule has 0 spiro atoms. The van der Waals surface area contributed by atoms with Crippen LogP contribution in [-0.4, -0.2) is 24.5 Å². The number of fused-ring (bicyclic) bond motifs is 1. The SMILES string of the molecule is C1CCNC1.CCCC1(C)Oc2ccccc2C(=O)C1(CCC#N)CCC#N. The van der Waals surface area contributed by atoms with Gasteiger partial charge in [-0.3, -0.25) is 4.79 Å². The molecule has 2 aliphatic heterocycles. The Kier molecular flexibility index (Phi) is 8.03. The molecule has 28 heavy (non-hydrogen) atoms. The maximum absolute atomic E-state index is 13.3. The summed E-state index contributed by atoms with van der Waals surface area (Å²) in [5, 5.41) is 21.3. The number of nitriles is 2. The van der Waals surface area contributed by atoms with Crippen LogP contribution in [-0.2, 0) is 0 Å². The minimum Gasteiger partial charge on any atom is -0.486 e. The van der Waals surface area contributed by atoms with Gasteiger partial charge in [0.2, 0.25) is 0 Å². The van der Waals surface area contributed by atoms with E-state index in [0.717, 1.165) is 6.42 Å². The fraction of sp³-hybridized carbons (Fsp3) is 0.609. The van der Waals surface area contributed by atoms with Gasteiger partial charge < -0.3 is 10.1 Å². The van der Waals surface area contributed by atoms with E-state index in [-0.39, 0.29) is 18.6 Å². The van der Waals surface area contributed by atoms with Gasteiger partial charge in [0.15, 0.2) is 5.78 Å². The molecule has 1 unspecified atom stereocenters. The molecule has 0 radical (unpaired) electrons. The average Bonchev–Trinajstić information content (AvgIpc) is 3.28. The number of benzene rings is 1. The van der Waals surface area contributed by atoms with Crippen molar-refractivity contribution in [1.82, 2.24) is 5.32 Å². The molecule has 1 saturated heterocycles. The number of nitrogens with one attached hydrogen (secondary N) is 1. The summed E-state index contributed by atoms with van der Waals surface area (Å²) in [6.07, 6.45) is 5.77. The molecule has 0 saturated carbocycles. The molecule has 1 N–H and O–H groups in total. The third-order valence-corrected chi connectivity index (χ3v) is 5.93. The second kappa shape index (κ2) is 10.2. The third-order valence-electron chi connectivity index (χ3n) is 5.93. The first-order valence-electron chi connectivity index (χ1n) is 10.3. The van der Waals surface area contributed by atoms with Gasteiger partial charge in [0, 0.05) is 12.8 Å². The smallest absolute Gasteiger partial charge is 0.176 e. The predicted octanol–water partition coefficient (Wildman–Crippen LogP) is 4.78. The second-order valence-electron chi connectivity index (χ2n) is 7.76. The van der Waals surface area contributed by atoms with E-state index in [1.165, 1.54) is 25.9 Å². The zero-order valence-electron chi connectivity index (χ0n) is 17.1. The summed E-state index contributed by atoms with van der Waals surface area (Å²) in [6, 6.07) is 11.6. The maximum Gasteiger partial charge on any atom is 0.176 e. The Morgan fingerprint density at radius 3 is 2.18 bits per heavy atom. The molecule has 1 aromatic rings. The molecule has 5 nitrogen and oxygen atoms in total. The van der Waals surface area contributed by atoms with Crippen LogP contribution < -0.4 is 10.1 Å². The van der Waals surface area contributed by atoms with E-state index in [1.54, 1.807) is 6.07 Å². The summed E-state index contributed by atoms with van der Waals surface area (Å²) in [7, 11) is 0. The highest BCUT2D eigenvalue weighted by Gasteiger charge is 2.57. The van der Waals surface area contributed by atoms with E-state index in [9.17, 15) is 4.79 Å². The lowest BCUT2D eigenvalue weighted by Gasteiger charge is -2.50. The van der Waals surface area contributed by atoms with Gasteiger partial charge in [-0.1, -0.05) is 25.5 Å². The van der Waals surface area contributed by atoms with E-state index in [1.807, 2.05) is 25.1 Å². The van der Waals surface area contributed by atoms with Crippen molar-refractivity contribution >= 4 is 5.78 Å². The number of nitrogens with zero attached hydrogens (tertiary/aromatic N) is 2. The maximum atomic E-state index is 13.3. The second-order valence-corrected chi connectivity index (χ2v) is 7.76. The fourth-order valence-corrected chi connectivity index (χ4v) is 4.39. The molecule has 1 fully saturated rings. The number of hydrogen-bond acceptors (Lipinski definition) is 5. The van der Waals surface area contributed by atoms with Crippen molar-refractivity contribution in [2.24, 2.45) is 5.41 Å². The van der Waals surface area contributed by atoms with Crippen molar-refractivity contribution in [3.8, 4) is 17.9 Å². The van der Waals surface area contributed by atoms with Gasteiger partial charge >= 0.3 is 0 Å². The van der Waals surface area contributed by atoms with Crippen molar-refractivity contribution in [1.29, 1.82) is 10.5 Å². The summed E-state index contributed by atoms with van der Waals surface area (Å²) in [5.41, 5.74) is -0.944. The number of Topliss-reactive ketones (excluding diaryl/α,β-unsaturated/α-hetero) is 1. The summed E-state index contributed by atoms with van der Waals surface area (Å²) in [4.78, 5) is 13.3. The van der Waals surface area contributed by atoms with Gasteiger partial charge in [-0.2, -0.15) is 10.5 Å². The normalized spacial score (nSPS) is 22.1. The van der Waals surface area contributed by atoms with Crippen molar-refractivity contribution in [3.05, 3.63) is 29.8 Å². The Hall–Kier alpha value is -2.37. The minimum absolute atomic E-state index is 0.0146. The van der Waals surface area contributed by atoms with Gasteiger partial charge in [-0.15, -0.1) is 0 Å². The van der Waals surface area contributed by atoms with Crippen LogP contribution in [0.4, 0.5) is 0 Å². The zero-order valence-corrected chi connectivity index (χ0v) is 17.1. The molecule has 2 heterocycles. The molecule has 0 aromatic heterocycles. The van der Waals surface area contributed by atoms with E-state index in [4.69, 9.17) is 15.3 Å². The first-order valence-corrected chi connectivity index (χ1v) is 10.3. The number of carbonyl (C=O) groups is 1. The van der Waals surface area contributed by atoms with Gasteiger partial charge in [-0.25, -0.2) is 0 Å². The van der Waals surface area contributed by atoms with Crippen molar-refractivity contribution in [2.75, 3.05) is 13.1 Å². The quantitative estimate of drug-likeness (QED) is 0.766. The lowest BCUT2D eigenvalue weighted by Crippen LogP contribution is -2.57. The van der Waals surface area contributed by atoms with Crippen LogP contribution in [0.25, 0.3) is 0 Å². The van der Waals surface area contributed by atoms with Gasteiger partial charge in [-0.05, 0) is 64.3 Å². The molecule has 1 atom stereocenters. The van der Waals surface area contributed by atoms with Crippen LogP contribution in [0.5, 0.6) is 5.75 Å². The summed E-state index contributed by atoms with van der Waals surface area (Å²) < 4.78 is 6.30. The van der Waals surface area contributed by atoms with Crippen LogP contribution in [0.1, 0.15) is 75.6 Å². The average molecular weight is 382 g/mol. The van der Waals surface area contributed by atoms with Crippen molar-refractivity contribution in [2.45, 2.75) is 70.8 Å². The zero-order chi connectivity index (χ0) is 20.5. The van der Waals surface area contributed by atoms with Crippen LogP contribution >= 0.6 is 0 Å². The molecule has 150 valence electrons. The topological polar surface area (TPSA) is 85.9 Å². The number of carbonyl (C=O) groups excluding carboxylic acids is 1. The summed E-state index contributed by atoms with van der Waals surface area (Å²) in [5.74, 6) is 0.624. The standard InChI is InChI=1S/C19H22N2O2.C4H9N/c1-3-10-18(2)19(11-6-13-20,12-7-14-21)17(22)15-8-4-5-9-16(15)23-18;1-2-4-5-3-1/h4-5,8-9H,3,6-7,10-12H2,1-2H3;5H,1-4H2. The highest BCUT2D eigenvalue weighted by Crippen LogP contribution is 2.52. The number of para-hydroxylation sites is 1. The largest absolute Gasteiger partial charge is 0.486 e. The number of hydrogen-bond donors (Lipinski definition) is 1. The van der Waals surface area contributed by atoms with Crippen molar-refractivity contribution in [3.63, 3.8) is 0 Å². The highest BCUT2D eigenvalue weighted by atomic mass is 16.5. The van der Waals surface area contributed by atoms with E-state index in [2.05, 4.69) is 24.4 Å². The lowest BCUT2D eigenvalue weighted by atomic mass is 9.60. The fourth-order valence-electron chi connectivity index (χ4n) is 4.39. The Balaban J connectivity index is 0.000000485. The molecular weight excluding hydrogens is 350 g/mol. The lowest BCUT2D eigenvalue weighted by molar-refractivity contribution is -0.0550. The molecule has 0 aliphatic carbocycles. The van der Waals surface area contributed by atoms with Crippen LogP contribution in [0.15, 0.2) is 24.3 Å². The van der Waals surface area contributed by atoms with Gasteiger partial charge in [0.1, 0.15) is 11.4 Å². The molecule has 1 aromatic carbocycles. The molecule has 2 aliphatic rings. The number of ether oxygens (including phenoxy) is 1. The molecular formula is C23H31N3O2. The monoisotopic (exact) mass is 381 g/mol. The van der Waals surface area contributed by atoms with Crippen LogP contribution in [0.3, 0.4) is 0 Å². The van der Waals surface area contributed by atoms with E-state index >= 15 is 0 Å². The van der Waals surface area contributed by atoms with Gasteiger partial charge in [0.05, 0.1) is 23.1 Å². The van der Waals surface area contributed by atoms with Crippen molar-refractivity contribution < 1.29 is 9.53 Å². The molecule has 0 amide bonds. The number of rotatable bonds is 6. The summed E-state index contributed by atoms with van der Waals surface area (Å²) in [6.45, 7) is 6.51. The number of ketones is 1.